The predicted octanol–water partition coefficient (Wildman–Crippen LogP) is 10.4. The predicted molar refractivity (Wildman–Crippen MR) is 262 cm³/mol. The molecule has 330 valence electrons. The molecule has 1 spiro atoms. The zero-order chi connectivity index (χ0) is 42.9. The largest absolute Gasteiger partial charge is 0.354 e. The van der Waals surface area contributed by atoms with Crippen molar-refractivity contribution in [1.82, 2.24) is 0 Å². The second-order valence-corrected chi connectivity index (χ2v) is 22.7. The van der Waals surface area contributed by atoms with Gasteiger partial charge in [0.25, 0.3) is 0 Å². The molecule has 5 saturated heterocycles. The summed E-state index contributed by atoms with van der Waals surface area (Å²) in [6.07, 6.45) is 10.1. The molecule has 8 aliphatic heterocycles. The Hall–Kier alpha value is -5.24. The maximum atomic E-state index is 7.73. The van der Waals surface area contributed by atoms with Crippen LogP contribution in [0.1, 0.15) is 42.4 Å². The Bertz CT molecular complexity index is 3060. The molecule has 0 radical (unpaired) electrons. The zero-order valence-corrected chi connectivity index (χ0v) is 37.9. The van der Waals surface area contributed by atoms with Gasteiger partial charge >= 0.3 is 0 Å². The van der Waals surface area contributed by atoms with Crippen LogP contribution in [0.2, 0.25) is 0 Å². The molecule has 6 heteroatoms. The molecule has 2 aliphatic carbocycles. The molecule has 10 aliphatic rings. The first kappa shape index (κ1) is 37.8. The standard InChI is InChI=1S/C60H60N4O2/c1-2-14-46(15-3-1)61-56-47-22-26-63(34-38-18-20-40-10-4-6-12-42(40)30-38)36-44-23-28-65-58(54(56)48(44)32-52(47)63)62-51-17-9-8-16-50(51)60-25-27-64(35-39-19-21-41-11-5-7-13-43(41)31-39)37-45-24-29-66-59(61)55(57(60)62)49(45)33-53(60)64/h1-21,23-24,30-31,47-49,52-59H,22,25-29,32-37H2/q+2. The van der Waals surface area contributed by atoms with Crippen molar-refractivity contribution in [2.24, 2.45) is 29.6 Å². The van der Waals surface area contributed by atoms with Crippen LogP contribution in [-0.2, 0) is 28.0 Å². The average molecular weight is 869 g/mol. The lowest BCUT2D eigenvalue weighted by Gasteiger charge is -2.65. The summed E-state index contributed by atoms with van der Waals surface area (Å²) in [5.74, 6) is 2.12. The lowest BCUT2D eigenvalue weighted by atomic mass is 9.53. The van der Waals surface area contributed by atoms with Gasteiger partial charge in [0.1, 0.15) is 44.7 Å². The van der Waals surface area contributed by atoms with Crippen molar-refractivity contribution in [3.63, 3.8) is 0 Å². The Labute approximate surface area is 388 Å². The van der Waals surface area contributed by atoms with Gasteiger partial charge in [-0.15, -0.1) is 0 Å². The lowest BCUT2D eigenvalue weighted by Crippen LogP contribution is -2.77. The van der Waals surface area contributed by atoms with Crippen molar-refractivity contribution in [2.75, 3.05) is 49.2 Å². The van der Waals surface area contributed by atoms with Crippen LogP contribution in [0.3, 0.4) is 0 Å². The zero-order valence-electron chi connectivity index (χ0n) is 37.9. The number of nitrogens with zero attached hydrogens (tertiary/aromatic N) is 4. The Balaban J connectivity index is 0.880. The van der Waals surface area contributed by atoms with E-state index in [4.69, 9.17) is 9.47 Å². The molecule has 2 saturated carbocycles. The van der Waals surface area contributed by atoms with E-state index in [1.54, 1.807) is 16.7 Å². The minimum Gasteiger partial charge on any atom is -0.354 e. The molecule has 66 heavy (non-hydrogen) atoms. The summed E-state index contributed by atoms with van der Waals surface area (Å²) in [5.41, 5.74) is 10.8. The Morgan fingerprint density at radius 1 is 0.576 bits per heavy atom. The number of para-hydroxylation sites is 2. The number of hydrogen-bond donors (Lipinski definition) is 0. The molecule has 14 unspecified atom stereocenters. The van der Waals surface area contributed by atoms with E-state index < -0.39 is 0 Å². The molecule has 0 aromatic heterocycles. The van der Waals surface area contributed by atoms with Gasteiger partial charge < -0.3 is 28.2 Å². The molecule has 6 nitrogen and oxygen atoms in total. The van der Waals surface area contributed by atoms with Crippen molar-refractivity contribution >= 4 is 32.9 Å². The van der Waals surface area contributed by atoms with Crippen LogP contribution in [0.5, 0.6) is 0 Å². The van der Waals surface area contributed by atoms with Crippen LogP contribution in [0, 0.1) is 29.6 Å². The first-order valence-electron chi connectivity index (χ1n) is 25.6. The summed E-state index contributed by atoms with van der Waals surface area (Å²) in [6, 6.07) is 55.8. The highest BCUT2D eigenvalue weighted by Gasteiger charge is 2.77. The summed E-state index contributed by atoms with van der Waals surface area (Å²) in [7, 11) is 0. The van der Waals surface area contributed by atoms with Crippen molar-refractivity contribution < 1.29 is 18.4 Å². The molecule has 0 N–H and O–H groups in total. The van der Waals surface area contributed by atoms with Gasteiger partial charge in [-0.3, -0.25) is 0 Å². The van der Waals surface area contributed by atoms with Gasteiger partial charge in [0.2, 0.25) is 0 Å². The number of anilines is 2. The second-order valence-electron chi connectivity index (χ2n) is 22.7. The topological polar surface area (TPSA) is 24.9 Å². The van der Waals surface area contributed by atoms with E-state index in [1.165, 1.54) is 87.3 Å². The molecule has 6 aromatic rings. The van der Waals surface area contributed by atoms with Crippen LogP contribution in [0.4, 0.5) is 11.4 Å². The number of piperidine rings is 2. The van der Waals surface area contributed by atoms with E-state index >= 15 is 0 Å². The Morgan fingerprint density at radius 3 is 1.94 bits per heavy atom. The van der Waals surface area contributed by atoms with Crippen LogP contribution < -0.4 is 9.80 Å². The number of fused-ring (bicyclic) bond motifs is 6. The van der Waals surface area contributed by atoms with Crippen molar-refractivity contribution in [3.8, 4) is 0 Å². The molecule has 14 atom stereocenters. The van der Waals surface area contributed by atoms with Gasteiger partial charge in [0, 0.05) is 83.8 Å². The second kappa shape index (κ2) is 13.5. The smallest absolute Gasteiger partial charge is 0.136 e. The molecule has 4 bridgehead atoms. The fraction of sp³-hybridized carbons (Fsp3) is 0.400. The van der Waals surface area contributed by atoms with E-state index in [0.29, 0.717) is 60.9 Å². The normalized spacial score (nSPS) is 39.4. The summed E-state index contributed by atoms with van der Waals surface area (Å²) < 4.78 is 17.8. The monoisotopic (exact) mass is 868 g/mol. The van der Waals surface area contributed by atoms with E-state index in [9.17, 15) is 0 Å². The maximum Gasteiger partial charge on any atom is 0.136 e. The quantitative estimate of drug-likeness (QED) is 0.127. The van der Waals surface area contributed by atoms with Gasteiger partial charge in [-0.25, -0.2) is 0 Å². The highest BCUT2D eigenvalue weighted by Crippen LogP contribution is 2.70. The molecule has 6 aromatic carbocycles. The third-order valence-electron chi connectivity index (χ3n) is 20.3. The van der Waals surface area contributed by atoms with Crippen LogP contribution in [-0.4, -0.2) is 85.0 Å². The number of hydrogen-bond acceptors (Lipinski definition) is 4. The Morgan fingerprint density at radius 2 is 1.20 bits per heavy atom. The van der Waals surface area contributed by atoms with Crippen molar-refractivity contribution in [3.05, 3.63) is 180 Å². The first-order chi connectivity index (χ1) is 32.6. The van der Waals surface area contributed by atoms with E-state index in [2.05, 4.69) is 161 Å². The molecule has 8 heterocycles. The lowest BCUT2D eigenvalue weighted by molar-refractivity contribution is -0.955. The van der Waals surface area contributed by atoms with Gasteiger partial charge in [-0.05, 0) is 68.6 Å². The average Bonchev–Trinajstić information content (AvgIpc) is 3.89. The van der Waals surface area contributed by atoms with Crippen LogP contribution in [0.15, 0.2) is 163 Å². The minimum atomic E-state index is -0.0321. The molecule has 7 fully saturated rings. The summed E-state index contributed by atoms with van der Waals surface area (Å²) in [4.78, 5) is 5.99. The Kier molecular flexibility index (Phi) is 7.72. The number of rotatable bonds is 5. The SMILES string of the molecule is C1=C2C[N+]3(Cc4ccc5ccccc5c4)CCC4C5C(C2CC43)C(OC1)N1c2ccccc2C23CC[N+]4(Cc6ccc7ccccc7c6)CC6=CCOC(C(C6CC24)C13)N5c1ccccc1. The fourth-order valence-electron chi connectivity index (χ4n) is 18.3. The van der Waals surface area contributed by atoms with Crippen molar-refractivity contribution in [1.29, 1.82) is 0 Å². The number of ether oxygens (including phenoxy) is 2. The first-order valence-corrected chi connectivity index (χ1v) is 25.6. The third kappa shape index (κ3) is 4.86. The van der Waals surface area contributed by atoms with Crippen molar-refractivity contribution in [2.45, 2.75) is 80.8 Å². The van der Waals surface area contributed by atoms with Gasteiger partial charge in [0.05, 0.1) is 43.8 Å². The van der Waals surface area contributed by atoms with Gasteiger partial charge in [0.15, 0.2) is 0 Å². The van der Waals surface area contributed by atoms with Crippen LogP contribution in [0.25, 0.3) is 21.5 Å². The molecular formula is C60H60N4O2+2. The van der Waals surface area contributed by atoms with Gasteiger partial charge in [-0.1, -0.05) is 121 Å². The highest BCUT2D eigenvalue weighted by molar-refractivity contribution is 5.83. The minimum absolute atomic E-state index is 0.00836. The number of quaternary nitrogens is 2. The molecule has 0 amide bonds. The summed E-state index contributed by atoms with van der Waals surface area (Å²) in [5, 5.41) is 5.40. The fourth-order valence-corrected chi connectivity index (χ4v) is 18.3. The third-order valence-corrected chi connectivity index (χ3v) is 20.3. The van der Waals surface area contributed by atoms with E-state index in [1.807, 2.05) is 0 Å². The molecule has 16 rings (SSSR count). The number of benzene rings is 6. The van der Waals surface area contributed by atoms with Crippen LogP contribution >= 0.6 is 0 Å². The maximum absolute atomic E-state index is 7.73. The van der Waals surface area contributed by atoms with E-state index in [0.717, 1.165) is 30.7 Å². The van der Waals surface area contributed by atoms with E-state index in [-0.39, 0.29) is 23.9 Å². The molecular weight excluding hydrogens is 809 g/mol. The van der Waals surface area contributed by atoms with Gasteiger partial charge in [-0.2, -0.15) is 0 Å². The summed E-state index contributed by atoms with van der Waals surface area (Å²) >= 11 is 0. The highest BCUT2D eigenvalue weighted by atomic mass is 16.5. The summed E-state index contributed by atoms with van der Waals surface area (Å²) in [6.45, 7) is 8.32.